The van der Waals surface area contributed by atoms with Crippen LogP contribution < -0.4 is 10.1 Å². The Bertz CT molecular complexity index is 727. The van der Waals surface area contributed by atoms with Crippen LogP contribution in [0.4, 0.5) is 10.5 Å². The van der Waals surface area contributed by atoms with Gasteiger partial charge in [0, 0.05) is 23.3 Å². The Morgan fingerprint density at radius 2 is 1.96 bits per heavy atom. The van der Waals surface area contributed by atoms with Crippen LogP contribution in [0.15, 0.2) is 42.5 Å². The molecule has 0 spiro atoms. The van der Waals surface area contributed by atoms with Crippen LogP contribution in [0.5, 0.6) is 5.75 Å². The van der Waals surface area contributed by atoms with Crippen molar-refractivity contribution in [3.8, 4) is 5.75 Å². The lowest BCUT2D eigenvalue weighted by molar-refractivity contribution is 0.206. The third kappa shape index (κ3) is 4.01. The molecule has 24 heavy (non-hydrogen) atoms. The zero-order chi connectivity index (χ0) is 17.1. The van der Waals surface area contributed by atoms with Crippen molar-refractivity contribution in [1.82, 2.24) is 4.90 Å². The van der Waals surface area contributed by atoms with Crippen molar-refractivity contribution in [2.75, 3.05) is 12.4 Å². The molecule has 0 saturated heterocycles. The maximum absolute atomic E-state index is 12.7. The molecule has 0 atom stereocenters. The Labute approximate surface area is 147 Å². The van der Waals surface area contributed by atoms with Gasteiger partial charge in [-0.1, -0.05) is 29.8 Å². The Kier molecular flexibility index (Phi) is 4.95. The van der Waals surface area contributed by atoms with Gasteiger partial charge in [-0.05, 0) is 55.2 Å². The van der Waals surface area contributed by atoms with Crippen molar-refractivity contribution >= 4 is 23.3 Å². The van der Waals surface area contributed by atoms with Gasteiger partial charge in [-0.15, -0.1) is 0 Å². The van der Waals surface area contributed by atoms with Gasteiger partial charge in [0.15, 0.2) is 0 Å². The van der Waals surface area contributed by atoms with Crippen LogP contribution in [-0.2, 0) is 6.54 Å². The summed E-state index contributed by atoms with van der Waals surface area (Å²) in [5.41, 5.74) is 2.79. The number of carbonyl (C=O) groups excluding carboxylic acids is 1. The second-order valence-corrected chi connectivity index (χ2v) is 6.51. The summed E-state index contributed by atoms with van der Waals surface area (Å²) >= 11 is 6.13. The molecule has 2 aromatic rings. The molecule has 4 nitrogen and oxygen atoms in total. The van der Waals surface area contributed by atoms with E-state index in [-0.39, 0.29) is 6.03 Å². The highest BCUT2D eigenvalue weighted by molar-refractivity contribution is 6.31. The number of urea groups is 1. The summed E-state index contributed by atoms with van der Waals surface area (Å²) in [5.74, 6) is 0.815. The molecule has 0 heterocycles. The fourth-order valence-corrected chi connectivity index (χ4v) is 2.73. The summed E-state index contributed by atoms with van der Waals surface area (Å²) in [5, 5.41) is 3.61. The first-order chi connectivity index (χ1) is 11.6. The van der Waals surface area contributed by atoms with Crippen molar-refractivity contribution in [2.24, 2.45) is 0 Å². The van der Waals surface area contributed by atoms with Crippen LogP contribution in [0.2, 0.25) is 5.02 Å². The van der Waals surface area contributed by atoms with Crippen LogP contribution in [-0.4, -0.2) is 24.1 Å². The Hall–Kier alpha value is -2.20. The number of aryl methyl sites for hydroxylation is 1. The molecule has 0 radical (unpaired) electrons. The zero-order valence-electron chi connectivity index (χ0n) is 13.9. The van der Waals surface area contributed by atoms with E-state index in [0.29, 0.717) is 17.6 Å². The molecule has 1 N–H and O–H groups in total. The number of halogens is 1. The first kappa shape index (κ1) is 16.7. The predicted octanol–water partition coefficient (Wildman–Crippen LogP) is 4.85. The summed E-state index contributed by atoms with van der Waals surface area (Å²) in [6, 6.07) is 13.6. The van der Waals surface area contributed by atoms with Gasteiger partial charge in [0.05, 0.1) is 7.11 Å². The number of hydrogen-bond acceptors (Lipinski definition) is 2. The summed E-state index contributed by atoms with van der Waals surface area (Å²) < 4.78 is 5.18. The summed E-state index contributed by atoms with van der Waals surface area (Å²) in [6.45, 7) is 2.52. The van der Waals surface area contributed by atoms with E-state index in [9.17, 15) is 4.79 Å². The van der Waals surface area contributed by atoms with E-state index >= 15 is 0 Å². The average Bonchev–Trinajstić information content (AvgIpc) is 3.41. The monoisotopic (exact) mass is 344 g/mol. The third-order valence-electron chi connectivity index (χ3n) is 4.18. The number of nitrogens with one attached hydrogen (secondary N) is 1. The number of anilines is 1. The Morgan fingerprint density at radius 3 is 2.54 bits per heavy atom. The largest absolute Gasteiger partial charge is 0.497 e. The van der Waals surface area contributed by atoms with E-state index in [1.54, 1.807) is 13.2 Å². The lowest BCUT2D eigenvalue weighted by atomic mass is 10.2. The van der Waals surface area contributed by atoms with Crippen molar-refractivity contribution in [3.63, 3.8) is 0 Å². The third-order valence-corrected chi connectivity index (χ3v) is 4.59. The Morgan fingerprint density at radius 1 is 1.25 bits per heavy atom. The number of ether oxygens (including phenoxy) is 1. The van der Waals surface area contributed by atoms with Gasteiger partial charge in [0.25, 0.3) is 0 Å². The summed E-state index contributed by atoms with van der Waals surface area (Å²) in [6.07, 6.45) is 2.11. The lowest BCUT2D eigenvalue weighted by Gasteiger charge is -2.23. The molecule has 0 aromatic heterocycles. The van der Waals surface area contributed by atoms with Crippen LogP contribution in [0, 0.1) is 6.92 Å². The minimum absolute atomic E-state index is 0.0896. The number of carbonyl (C=O) groups is 1. The fraction of sp³-hybridized carbons (Fsp3) is 0.316. The number of benzene rings is 2. The van der Waals surface area contributed by atoms with Crippen LogP contribution in [0.3, 0.4) is 0 Å². The first-order valence-electron chi connectivity index (χ1n) is 8.03. The SMILES string of the molecule is COc1ccc(CN(C(=O)Nc2ccc(C)c(Cl)c2)C2CC2)cc1. The molecule has 3 rings (SSSR count). The number of rotatable bonds is 5. The van der Waals surface area contributed by atoms with Gasteiger partial charge < -0.3 is 15.0 Å². The van der Waals surface area contributed by atoms with E-state index in [1.807, 2.05) is 48.2 Å². The van der Waals surface area contributed by atoms with Crippen molar-refractivity contribution < 1.29 is 9.53 Å². The number of nitrogens with zero attached hydrogens (tertiary/aromatic N) is 1. The topological polar surface area (TPSA) is 41.6 Å². The minimum Gasteiger partial charge on any atom is -0.497 e. The highest BCUT2D eigenvalue weighted by Gasteiger charge is 2.32. The van der Waals surface area contributed by atoms with Crippen molar-refractivity contribution in [1.29, 1.82) is 0 Å². The lowest BCUT2D eigenvalue weighted by Crippen LogP contribution is -2.36. The molecule has 1 saturated carbocycles. The molecule has 5 heteroatoms. The van der Waals surface area contributed by atoms with E-state index < -0.39 is 0 Å². The van der Waals surface area contributed by atoms with Gasteiger partial charge in [-0.25, -0.2) is 4.79 Å². The number of methoxy groups -OCH3 is 1. The smallest absolute Gasteiger partial charge is 0.322 e. The normalized spacial score (nSPS) is 13.5. The molecule has 0 bridgehead atoms. The van der Waals surface area contributed by atoms with Crippen molar-refractivity contribution in [3.05, 3.63) is 58.6 Å². The quantitative estimate of drug-likeness (QED) is 0.842. The van der Waals surface area contributed by atoms with E-state index in [0.717, 1.165) is 35.4 Å². The van der Waals surface area contributed by atoms with E-state index in [2.05, 4.69) is 5.32 Å². The molecule has 1 fully saturated rings. The molecule has 1 aliphatic carbocycles. The molecule has 2 aromatic carbocycles. The summed E-state index contributed by atoms with van der Waals surface area (Å²) in [7, 11) is 1.64. The molecular formula is C19H21ClN2O2. The summed E-state index contributed by atoms with van der Waals surface area (Å²) in [4.78, 5) is 14.5. The molecule has 126 valence electrons. The van der Waals surface area contributed by atoms with Gasteiger partial charge in [0.1, 0.15) is 5.75 Å². The predicted molar refractivity (Wildman–Crippen MR) is 96.8 cm³/mol. The maximum atomic E-state index is 12.7. The highest BCUT2D eigenvalue weighted by Crippen LogP contribution is 2.30. The van der Waals surface area contributed by atoms with E-state index in [4.69, 9.17) is 16.3 Å². The number of hydrogen-bond donors (Lipinski definition) is 1. The van der Waals surface area contributed by atoms with Crippen LogP contribution >= 0.6 is 11.6 Å². The standard InChI is InChI=1S/C19H21ClN2O2/c1-13-3-6-15(11-18(13)20)21-19(23)22(16-7-8-16)12-14-4-9-17(24-2)10-5-14/h3-6,9-11,16H,7-8,12H2,1-2H3,(H,21,23). The molecular weight excluding hydrogens is 324 g/mol. The zero-order valence-corrected chi connectivity index (χ0v) is 14.6. The van der Waals surface area contributed by atoms with Gasteiger partial charge >= 0.3 is 6.03 Å². The van der Waals surface area contributed by atoms with Crippen LogP contribution in [0.1, 0.15) is 24.0 Å². The minimum atomic E-state index is -0.0896. The first-order valence-corrected chi connectivity index (χ1v) is 8.41. The average molecular weight is 345 g/mol. The molecule has 2 amide bonds. The molecule has 0 unspecified atom stereocenters. The molecule has 0 aliphatic heterocycles. The number of amides is 2. The second kappa shape index (κ2) is 7.14. The maximum Gasteiger partial charge on any atom is 0.322 e. The van der Waals surface area contributed by atoms with Gasteiger partial charge in [-0.3, -0.25) is 0 Å². The van der Waals surface area contributed by atoms with Crippen molar-refractivity contribution in [2.45, 2.75) is 32.4 Å². The van der Waals surface area contributed by atoms with Crippen LogP contribution in [0.25, 0.3) is 0 Å². The van der Waals surface area contributed by atoms with E-state index in [1.165, 1.54) is 0 Å². The second-order valence-electron chi connectivity index (χ2n) is 6.10. The highest BCUT2D eigenvalue weighted by atomic mass is 35.5. The Balaban J connectivity index is 1.70. The van der Waals surface area contributed by atoms with Gasteiger partial charge in [0.2, 0.25) is 0 Å². The fourth-order valence-electron chi connectivity index (χ4n) is 2.55. The van der Waals surface area contributed by atoms with Gasteiger partial charge in [-0.2, -0.15) is 0 Å². The molecule has 1 aliphatic rings.